The molecule has 0 saturated carbocycles. The van der Waals surface area contributed by atoms with Gasteiger partial charge in [0, 0.05) is 25.4 Å². The van der Waals surface area contributed by atoms with Crippen LogP contribution in [0.2, 0.25) is 0 Å². The van der Waals surface area contributed by atoms with Gasteiger partial charge in [-0.15, -0.1) is 0 Å². The normalized spacial score (nSPS) is 18.0. The van der Waals surface area contributed by atoms with Gasteiger partial charge < -0.3 is 9.64 Å². The zero-order valence-corrected chi connectivity index (χ0v) is 14.0. The smallest absolute Gasteiger partial charge is 0.376 e. The first-order valence-corrected chi connectivity index (χ1v) is 8.14. The van der Waals surface area contributed by atoms with Gasteiger partial charge in [-0.25, -0.2) is 9.50 Å². The molecule has 0 spiro atoms. The maximum absolute atomic E-state index is 13.2. The fraction of sp³-hybridized carbons (Fsp3) is 0.562. The minimum absolute atomic E-state index is 0.0360. The molecule has 6 nitrogen and oxygen atoms in total. The molecule has 0 aromatic carbocycles. The average molecular weight is 356 g/mol. The van der Waals surface area contributed by atoms with Crippen LogP contribution in [0.1, 0.15) is 41.5 Å². The summed E-state index contributed by atoms with van der Waals surface area (Å²) in [7, 11) is 0. The van der Waals surface area contributed by atoms with Crippen molar-refractivity contribution < 1.29 is 22.7 Å². The number of alkyl halides is 3. The molecule has 25 heavy (non-hydrogen) atoms. The molecule has 0 N–H and O–H groups in total. The summed E-state index contributed by atoms with van der Waals surface area (Å²) in [5.41, 5.74) is -0.787. The number of rotatable bonds is 4. The molecule has 1 aliphatic rings. The van der Waals surface area contributed by atoms with Crippen LogP contribution in [-0.2, 0) is 10.9 Å². The van der Waals surface area contributed by atoms with Crippen LogP contribution in [0, 0.1) is 6.92 Å². The zero-order valence-electron chi connectivity index (χ0n) is 14.0. The fourth-order valence-electron chi connectivity index (χ4n) is 3.00. The molecular formula is C16H19F3N4O2. The molecule has 1 fully saturated rings. The molecule has 2 aromatic heterocycles. The third kappa shape index (κ3) is 3.46. The molecule has 0 aliphatic carbocycles. The summed E-state index contributed by atoms with van der Waals surface area (Å²) in [4.78, 5) is 18.5. The van der Waals surface area contributed by atoms with Crippen molar-refractivity contribution in [2.24, 2.45) is 0 Å². The highest BCUT2D eigenvalue weighted by atomic mass is 19.4. The van der Waals surface area contributed by atoms with E-state index in [1.165, 1.54) is 6.92 Å². The molecule has 2 aromatic rings. The second kappa shape index (κ2) is 6.62. The van der Waals surface area contributed by atoms with Gasteiger partial charge in [0.25, 0.3) is 5.91 Å². The van der Waals surface area contributed by atoms with Gasteiger partial charge >= 0.3 is 6.18 Å². The van der Waals surface area contributed by atoms with Gasteiger partial charge in [0.2, 0.25) is 0 Å². The van der Waals surface area contributed by atoms with Gasteiger partial charge in [-0.05, 0) is 32.8 Å². The van der Waals surface area contributed by atoms with Crippen LogP contribution in [0.4, 0.5) is 13.2 Å². The van der Waals surface area contributed by atoms with E-state index in [0.29, 0.717) is 24.2 Å². The number of halogens is 3. The van der Waals surface area contributed by atoms with Crippen molar-refractivity contribution in [3.8, 4) is 0 Å². The second-order valence-electron chi connectivity index (χ2n) is 6.05. The largest absolute Gasteiger partial charge is 0.433 e. The lowest BCUT2D eigenvalue weighted by Crippen LogP contribution is -2.37. The Morgan fingerprint density at radius 3 is 2.84 bits per heavy atom. The maximum atomic E-state index is 13.2. The Labute approximate surface area is 142 Å². The summed E-state index contributed by atoms with van der Waals surface area (Å²) in [6.07, 6.45) is -1.65. The van der Waals surface area contributed by atoms with Crippen molar-refractivity contribution in [1.82, 2.24) is 19.5 Å². The van der Waals surface area contributed by atoms with Crippen molar-refractivity contribution in [2.75, 3.05) is 19.7 Å². The average Bonchev–Trinajstić information content (AvgIpc) is 3.19. The minimum atomic E-state index is -4.58. The van der Waals surface area contributed by atoms with Crippen molar-refractivity contribution >= 4 is 11.6 Å². The first-order chi connectivity index (χ1) is 11.8. The number of ether oxygens (including phenoxy) is 1. The van der Waals surface area contributed by atoms with Crippen LogP contribution in [0.25, 0.3) is 5.65 Å². The number of nitrogens with zero attached hydrogens (tertiary/aromatic N) is 4. The van der Waals surface area contributed by atoms with Gasteiger partial charge in [0.15, 0.2) is 5.65 Å². The summed E-state index contributed by atoms with van der Waals surface area (Å²) in [5, 5.41) is 3.75. The molecule has 9 heteroatoms. The Morgan fingerprint density at radius 1 is 1.48 bits per heavy atom. The van der Waals surface area contributed by atoms with Crippen molar-refractivity contribution in [2.45, 2.75) is 39.0 Å². The molecule has 1 amide bonds. The quantitative estimate of drug-likeness (QED) is 0.845. The molecule has 3 rings (SSSR count). The predicted molar refractivity (Wildman–Crippen MR) is 83.3 cm³/mol. The predicted octanol–water partition coefficient (Wildman–Crippen LogP) is 2.70. The standard InChI is InChI=1S/C16H19F3N4O2/c1-3-22(9-11-5-4-6-25-11)15(24)12-8-20-23-13(16(17,18)19)7-10(2)21-14(12)23/h7-8,11H,3-6,9H2,1-2H3/t11-/m1/s1. The molecule has 0 radical (unpaired) electrons. The molecule has 1 saturated heterocycles. The van der Waals surface area contributed by atoms with Gasteiger partial charge in [0.1, 0.15) is 11.3 Å². The van der Waals surface area contributed by atoms with Gasteiger partial charge in [0.05, 0.1) is 12.3 Å². The lowest BCUT2D eigenvalue weighted by molar-refractivity contribution is -0.142. The van der Waals surface area contributed by atoms with E-state index in [0.717, 1.165) is 25.1 Å². The minimum Gasteiger partial charge on any atom is -0.376 e. The number of amides is 1. The van der Waals surface area contributed by atoms with E-state index in [2.05, 4.69) is 10.1 Å². The molecule has 3 heterocycles. The summed E-state index contributed by atoms with van der Waals surface area (Å²) in [5.74, 6) is -0.390. The van der Waals surface area contributed by atoms with Crippen LogP contribution < -0.4 is 0 Å². The van der Waals surface area contributed by atoms with Crippen molar-refractivity contribution in [3.63, 3.8) is 0 Å². The zero-order chi connectivity index (χ0) is 18.2. The summed E-state index contributed by atoms with van der Waals surface area (Å²) >= 11 is 0. The monoisotopic (exact) mass is 356 g/mol. The van der Waals surface area contributed by atoms with E-state index in [-0.39, 0.29) is 28.9 Å². The Bertz CT molecular complexity index is 782. The number of carbonyl (C=O) groups is 1. The molecular weight excluding hydrogens is 337 g/mol. The molecule has 0 unspecified atom stereocenters. The van der Waals surface area contributed by atoms with E-state index in [4.69, 9.17) is 4.74 Å². The Balaban J connectivity index is 1.97. The highest BCUT2D eigenvalue weighted by molar-refractivity contribution is 5.99. The number of likely N-dealkylation sites (N-methyl/N-ethyl adjacent to an activating group) is 1. The van der Waals surface area contributed by atoms with Crippen molar-refractivity contribution in [1.29, 1.82) is 0 Å². The Morgan fingerprint density at radius 2 is 2.24 bits per heavy atom. The van der Waals surface area contributed by atoms with Gasteiger partial charge in [-0.3, -0.25) is 4.79 Å². The number of fused-ring (bicyclic) bond motifs is 1. The number of aromatic nitrogens is 3. The lowest BCUT2D eigenvalue weighted by atomic mass is 10.2. The van der Waals surface area contributed by atoms with E-state index in [9.17, 15) is 18.0 Å². The number of aryl methyl sites for hydroxylation is 1. The fourth-order valence-corrected chi connectivity index (χ4v) is 3.00. The Kier molecular flexibility index (Phi) is 4.68. The van der Waals surface area contributed by atoms with Gasteiger partial charge in [-0.2, -0.15) is 18.3 Å². The summed E-state index contributed by atoms with van der Waals surface area (Å²) in [6.45, 7) is 4.78. The summed E-state index contributed by atoms with van der Waals surface area (Å²) in [6, 6.07) is 0.915. The van der Waals surface area contributed by atoms with Crippen LogP contribution in [0.5, 0.6) is 0 Å². The highest BCUT2D eigenvalue weighted by Gasteiger charge is 2.36. The molecule has 0 bridgehead atoms. The Hall–Kier alpha value is -2.16. The van der Waals surface area contributed by atoms with E-state index in [1.807, 2.05) is 6.92 Å². The SMILES string of the molecule is CCN(C[C@H]1CCCO1)C(=O)c1cnn2c(C(F)(F)F)cc(C)nc12. The first-order valence-electron chi connectivity index (χ1n) is 8.14. The van der Waals surface area contributed by atoms with E-state index in [1.54, 1.807) is 4.90 Å². The molecule has 1 atom stereocenters. The third-order valence-electron chi connectivity index (χ3n) is 4.24. The molecule has 136 valence electrons. The van der Waals surface area contributed by atoms with E-state index < -0.39 is 11.9 Å². The second-order valence-corrected chi connectivity index (χ2v) is 6.05. The number of hydrogen-bond acceptors (Lipinski definition) is 4. The number of hydrogen-bond donors (Lipinski definition) is 0. The van der Waals surface area contributed by atoms with Gasteiger partial charge in [-0.1, -0.05) is 0 Å². The highest BCUT2D eigenvalue weighted by Crippen LogP contribution is 2.30. The number of carbonyl (C=O) groups excluding carboxylic acids is 1. The first kappa shape index (κ1) is 17.7. The van der Waals surface area contributed by atoms with Crippen LogP contribution in [0.15, 0.2) is 12.3 Å². The van der Waals surface area contributed by atoms with Crippen LogP contribution >= 0.6 is 0 Å². The van der Waals surface area contributed by atoms with E-state index >= 15 is 0 Å². The van der Waals surface area contributed by atoms with Crippen LogP contribution in [-0.4, -0.2) is 51.2 Å². The maximum Gasteiger partial charge on any atom is 0.433 e. The topological polar surface area (TPSA) is 59.7 Å². The van der Waals surface area contributed by atoms with Crippen LogP contribution in [0.3, 0.4) is 0 Å². The lowest BCUT2D eigenvalue weighted by Gasteiger charge is -2.23. The molecule has 1 aliphatic heterocycles. The van der Waals surface area contributed by atoms with Crippen molar-refractivity contribution in [3.05, 3.63) is 29.2 Å². The summed E-state index contributed by atoms with van der Waals surface area (Å²) < 4.78 is 45.8. The third-order valence-corrected chi connectivity index (χ3v) is 4.24.